The molecule has 1 aromatic heterocycles. The largest absolute Gasteiger partial charge is 0.480 e. The molecule has 2 aliphatic heterocycles. The molecule has 200 valence electrons. The lowest BCUT2D eigenvalue weighted by Crippen LogP contribution is -2.41. The van der Waals surface area contributed by atoms with Crippen molar-refractivity contribution in [1.82, 2.24) is 15.3 Å². The van der Waals surface area contributed by atoms with Crippen LogP contribution in [-0.2, 0) is 4.79 Å². The highest BCUT2D eigenvalue weighted by molar-refractivity contribution is 5.74. The molecular weight excluding hydrogens is 499 g/mol. The number of carboxylic acid groups (broad SMARTS) is 1. The van der Waals surface area contributed by atoms with Gasteiger partial charge < -0.3 is 25.8 Å². The summed E-state index contributed by atoms with van der Waals surface area (Å²) < 4.78 is 48.5. The van der Waals surface area contributed by atoms with E-state index in [1.807, 2.05) is 4.90 Å². The van der Waals surface area contributed by atoms with Gasteiger partial charge in [0.1, 0.15) is 11.9 Å². The summed E-state index contributed by atoms with van der Waals surface area (Å²) in [6.07, 6.45) is -5.01. The minimum Gasteiger partial charge on any atom is -0.480 e. The van der Waals surface area contributed by atoms with Gasteiger partial charge in [-0.15, -0.1) is 0 Å². The van der Waals surface area contributed by atoms with Crippen molar-refractivity contribution < 1.29 is 27.8 Å². The van der Waals surface area contributed by atoms with E-state index in [1.54, 1.807) is 48.5 Å². The number of hydrogen-bond acceptors (Lipinski definition) is 7. The Morgan fingerprint density at radius 1 is 1.11 bits per heavy atom. The number of nitrogens with one attached hydrogen (secondary N) is 1. The van der Waals surface area contributed by atoms with Crippen LogP contribution in [0.25, 0.3) is 11.1 Å². The Morgan fingerprint density at radius 2 is 1.79 bits per heavy atom. The number of hydrogen-bond donors (Lipinski definition) is 3. The summed E-state index contributed by atoms with van der Waals surface area (Å²) in [6, 6.07) is 15.9. The number of piperidine rings is 1. The third-order valence-corrected chi connectivity index (χ3v) is 7.38. The molecule has 0 saturated carbocycles. The minimum absolute atomic E-state index is 0.0356. The first kappa shape index (κ1) is 25.8. The SMILES string of the molecule is Nc1nc(OC(c2ccccc2-c2ccccc2)C(F)(F)F)cc(N2CCC3(CC2)CNC(C(=O)O)C3)n1. The van der Waals surface area contributed by atoms with Crippen LogP contribution in [0.1, 0.15) is 30.9 Å². The Morgan fingerprint density at radius 3 is 2.45 bits per heavy atom. The number of aliphatic carboxylic acids is 1. The molecule has 2 atom stereocenters. The quantitative estimate of drug-likeness (QED) is 0.431. The van der Waals surface area contributed by atoms with Crippen molar-refractivity contribution in [2.24, 2.45) is 5.41 Å². The summed E-state index contributed by atoms with van der Waals surface area (Å²) in [6.45, 7) is 1.74. The maximum Gasteiger partial charge on any atom is 0.429 e. The van der Waals surface area contributed by atoms with Crippen LogP contribution in [0.3, 0.4) is 0 Å². The predicted molar refractivity (Wildman–Crippen MR) is 136 cm³/mol. The van der Waals surface area contributed by atoms with E-state index in [4.69, 9.17) is 10.5 Å². The second kappa shape index (κ2) is 10.1. The number of halogens is 3. The van der Waals surface area contributed by atoms with E-state index in [2.05, 4.69) is 15.3 Å². The van der Waals surface area contributed by atoms with E-state index in [9.17, 15) is 23.1 Å². The van der Waals surface area contributed by atoms with Gasteiger partial charge in [-0.25, -0.2) is 0 Å². The van der Waals surface area contributed by atoms with Gasteiger partial charge in [-0.05, 0) is 35.8 Å². The molecule has 2 unspecified atom stereocenters. The standard InChI is InChI=1S/C27H28F3N5O3/c28-27(29,30)23(19-9-5-4-8-18(19)17-6-2-1-3-7-17)38-22-14-21(33-25(31)34-22)35-12-10-26(11-13-35)15-20(24(36)37)32-16-26/h1-9,14,20,23,32H,10-13,15-16H2,(H,36,37)(H2,31,33,34). The Bertz CT molecular complexity index is 1300. The number of carbonyl (C=O) groups is 1. The first-order valence-corrected chi connectivity index (χ1v) is 12.4. The number of benzene rings is 2. The van der Waals surface area contributed by atoms with Crippen molar-refractivity contribution in [2.45, 2.75) is 37.6 Å². The number of nitrogen functional groups attached to an aromatic ring is 1. The second-order valence-corrected chi connectivity index (χ2v) is 9.88. The summed E-state index contributed by atoms with van der Waals surface area (Å²) in [4.78, 5) is 21.5. The fraction of sp³-hybridized carbons (Fsp3) is 0.370. The summed E-state index contributed by atoms with van der Waals surface area (Å²) >= 11 is 0. The van der Waals surface area contributed by atoms with Gasteiger partial charge in [-0.1, -0.05) is 54.6 Å². The molecule has 2 fully saturated rings. The molecule has 4 N–H and O–H groups in total. The monoisotopic (exact) mass is 527 g/mol. The summed E-state index contributed by atoms with van der Waals surface area (Å²) in [5.41, 5.74) is 6.77. The Kier molecular flexibility index (Phi) is 6.87. The molecule has 38 heavy (non-hydrogen) atoms. The van der Waals surface area contributed by atoms with E-state index >= 15 is 0 Å². The number of aromatic nitrogens is 2. The van der Waals surface area contributed by atoms with Crippen LogP contribution >= 0.6 is 0 Å². The van der Waals surface area contributed by atoms with E-state index in [0.717, 1.165) is 12.8 Å². The number of carboxylic acids is 1. The normalized spacial score (nSPS) is 19.9. The van der Waals surface area contributed by atoms with Crippen LogP contribution in [0.15, 0.2) is 60.7 Å². The minimum atomic E-state index is -4.72. The second-order valence-electron chi connectivity index (χ2n) is 9.88. The van der Waals surface area contributed by atoms with Crippen LogP contribution in [-0.4, -0.2) is 52.9 Å². The first-order chi connectivity index (χ1) is 18.1. The van der Waals surface area contributed by atoms with E-state index < -0.39 is 24.3 Å². The molecule has 8 nitrogen and oxygen atoms in total. The highest BCUT2D eigenvalue weighted by Gasteiger charge is 2.45. The van der Waals surface area contributed by atoms with Crippen LogP contribution in [0, 0.1) is 5.41 Å². The number of nitrogens with zero attached hydrogens (tertiary/aromatic N) is 3. The molecule has 0 bridgehead atoms. The zero-order valence-corrected chi connectivity index (χ0v) is 20.5. The van der Waals surface area contributed by atoms with Gasteiger partial charge >= 0.3 is 12.1 Å². The Hall–Kier alpha value is -3.86. The molecule has 5 rings (SSSR count). The van der Waals surface area contributed by atoms with Gasteiger partial charge in [0.2, 0.25) is 17.9 Å². The van der Waals surface area contributed by atoms with Gasteiger partial charge in [0.15, 0.2) is 0 Å². The molecule has 11 heteroatoms. The first-order valence-electron chi connectivity index (χ1n) is 12.4. The lowest BCUT2D eigenvalue weighted by atomic mass is 9.76. The lowest BCUT2D eigenvalue weighted by Gasteiger charge is -2.39. The van der Waals surface area contributed by atoms with Gasteiger partial charge in [-0.2, -0.15) is 23.1 Å². The zero-order chi connectivity index (χ0) is 26.9. The zero-order valence-electron chi connectivity index (χ0n) is 20.5. The van der Waals surface area contributed by atoms with Gasteiger partial charge in [0.05, 0.1) is 0 Å². The number of nitrogens with two attached hydrogens (primary N) is 1. The highest BCUT2D eigenvalue weighted by atomic mass is 19.4. The van der Waals surface area contributed by atoms with Crippen molar-refractivity contribution >= 4 is 17.7 Å². The average Bonchev–Trinajstić information content (AvgIpc) is 3.31. The molecule has 0 radical (unpaired) electrons. The smallest absolute Gasteiger partial charge is 0.429 e. The number of rotatable bonds is 6. The topological polar surface area (TPSA) is 114 Å². The van der Waals surface area contributed by atoms with E-state index in [0.29, 0.717) is 43.0 Å². The summed E-state index contributed by atoms with van der Waals surface area (Å²) in [5, 5.41) is 12.4. The molecule has 3 aromatic rings. The third-order valence-electron chi connectivity index (χ3n) is 7.38. The molecule has 2 aliphatic rings. The number of anilines is 2. The number of alkyl halides is 3. The average molecular weight is 528 g/mol. The van der Waals surface area contributed by atoms with E-state index in [1.165, 1.54) is 12.1 Å². The van der Waals surface area contributed by atoms with Gasteiger partial charge in [0, 0.05) is 31.3 Å². The maximum absolute atomic E-state index is 14.3. The molecule has 3 heterocycles. The van der Waals surface area contributed by atoms with Crippen LogP contribution in [0.5, 0.6) is 5.88 Å². The molecule has 1 spiro atoms. The van der Waals surface area contributed by atoms with Crippen molar-refractivity contribution in [2.75, 3.05) is 30.3 Å². The van der Waals surface area contributed by atoms with E-state index in [-0.39, 0.29) is 22.8 Å². The molecule has 2 aromatic carbocycles. The number of ether oxygens (including phenoxy) is 1. The predicted octanol–water partition coefficient (Wildman–Crippen LogP) is 4.44. The molecule has 2 saturated heterocycles. The Balaban J connectivity index is 1.38. The van der Waals surface area contributed by atoms with Crippen molar-refractivity contribution in [3.05, 3.63) is 66.2 Å². The molecular formula is C27H28F3N5O3. The third kappa shape index (κ3) is 5.38. The van der Waals surface area contributed by atoms with Crippen LogP contribution in [0.2, 0.25) is 0 Å². The summed E-state index contributed by atoms with van der Waals surface area (Å²) in [5.74, 6) is -0.946. The maximum atomic E-state index is 14.3. The fourth-order valence-electron chi connectivity index (χ4n) is 5.37. The van der Waals surface area contributed by atoms with Gasteiger partial charge in [0.25, 0.3) is 0 Å². The molecule has 0 amide bonds. The van der Waals surface area contributed by atoms with Crippen LogP contribution in [0.4, 0.5) is 24.9 Å². The Labute approximate surface area is 217 Å². The lowest BCUT2D eigenvalue weighted by molar-refractivity contribution is -0.198. The van der Waals surface area contributed by atoms with Crippen molar-refractivity contribution in [1.29, 1.82) is 0 Å². The van der Waals surface area contributed by atoms with Gasteiger partial charge in [-0.3, -0.25) is 4.79 Å². The highest BCUT2D eigenvalue weighted by Crippen LogP contribution is 2.43. The molecule has 0 aliphatic carbocycles. The summed E-state index contributed by atoms with van der Waals surface area (Å²) in [7, 11) is 0. The van der Waals surface area contributed by atoms with Crippen LogP contribution < -0.4 is 20.7 Å². The van der Waals surface area contributed by atoms with Crippen molar-refractivity contribution in [3.63, 3.8) is 0 Å². The van der Waals surface area contributed by atoms with Crippen molar-refractivity contribution in [3.8, 4) is 17.0 Å². The fourth-order valence-corrected chi connectivity index (χ4v) is 5.37.